The van der Waals surface area contributed by atoms with Gasteiger partial charge in [0.2, 0.25) is 5.91 Å². The van der Waals surface area contributed by atoms with E-state index in [0.29, 0.717) is 25.8 Å². The van der Waals surface area contributed by atoms with Crippen LogP contribution in [0.1, 0.15) is 19.3 Å². The summed E-state index contributed by atoms with van der Waals surface area (Å²) < 4.78 is 23.1. The predicted molar refractivity (Wildman–Crippen MR) is 62.2 cm³/mol. The van der Waals surface area contributed by atoms with E-state index >= 15 is 0 Å². The van der Waals surface area contributed by atoms with Crippen LogP contribution in [-0.2, 0) is 14.6 Å². The third-order valence-electron chi connectivity index (χ3n) is 3.39. The van der Waals surface area contributed by atoms with Gasteiger partial charge in [-0.1, -0.05) is 0 Å². The van der Waals surface area contributed by atoms with Crippen LogP contribution in [0.2, 0.25) is 0 Å². The van der Waals surface area contributed by atoms with Crippen molar-refractivity contribution >= 4 is 15.7 Å². The molecule has 98 valence electrons. The van der Waals surface area contributed by atoms with Crippen molar-refractivity contribution in [1.82, 2.24) is 10.6 Å². The van der Waals surface area contributed by atoms with E-state index in [1.165, 1.54) is 0 Å². The number of β-amino-alcohol motifs (C(OH)–C–C–N with tert-alkyl or cyclic N) is 1. The van der Waals surface area contributed by atoms with Crippen molar-refractivity contribution in [2.75, 3.05) is 18.8 Å². The number of aliphatic hydroxyl groups is 1. The van der Waals surface area contributed by atoms with Gasteiger partial charge in [-0.05, 0) is 19.3 Å². The predicted octanol–water partition coefficient (Wildman–Crippen LogP) is -1.60. The first-order chi connectivity index (χ1) is 7.99. The molecule has 2 aliphatic heterocycles. The smallest absolute Gasteiger partial charge is 0.237 e. The first kappa shape index (κ1) is 12.8. The second kappa shape index (κ2) is 4.91. The van der Waals surface area contributed by atoms with Crippen molar-refractivity contribution < 1.29 is 18.3 Å². The van der Waals surface area contributed by atoms with Gasteiger partial charge in [-0.15, -0.1) is 0 Å². The highest BCUT2D eigenvalue weighted by molar-refractivity contribution is 7.92. The topological polar surface area (TPSA) is 95.5 Å². The summed E-state index contributed by atoms with van der Waals surface area (Å²) in [5.41, 5.74) is 0. The fourth-order valence-electron chi connectivity index (χ4n) is 2.34. The van der Waals surface area contributed by atoms with E-state index in [9.17, 15) is 18.3 Å². The molecule has 3 N–H and O–H groups in total. The first-order valence-electron chi connectivity index (χ1n) is 5.90. The highest BCUT2D eigenvalue weighted by Crippen LogP contribution is 2.19. The Morgan fingerprint density at radius 3 is 2.76 bits per heavy atom. The van der Waals surface area contributed by atoms with Crippen molar-refractivity contribution in [2.45, 2.75) is 36.7 Å². The van der Waals surface area contributed by atoms with Gasteiger partial charge >= 0.3 is 0 Å². The average Bonchev–Trinajstić information content (AvgIpc) is 2.81. The summed E-state index contributed by atoms with van der Waals surface area (Å²) in [6.07, 6.45) is 1.22. The lowest BCUT2D eigenvalue weighted by atomic mass is 10.2. The quantitative estimate of drug-likeness (QED) is 0.569. The van der Waals surface area contributed by atoms with E-state index in [0.717, 1.165) is 0 Å². The maximum absolute atomic E-state index is 11.7. The van der Waals surface area contributed by atoms with Crippen LogP contribution in [0.15, 0.2) is 0 Å². The minimum Gasteiger partial charge on any atom is -0.392 e. The molecule has 2 saturated heterocycles. The zero-order valence-electron chi connectivity index (χ0n) is 9.55. The summed E-state index contributed by atoms with van der Waals surface area (Å²) in [4.78, 5) is 11.7. The summed E-state index contributed by atoms with van der Waals surface area (Å²) >= 11 is 0. The lowest BCUT2D eigenvalue weighted by molar-refractivity contribution is -0.122. The summed E-state index contributed by atoms with van der Waals surface area (Å²) in [5.74, 6) is 0.0112. The maximum atomic E-state index is 11.7. The number of hydrogen-bond donors (Lipinski definition) is 3. The zero-order valence-corrected chi connectivity index (χ0v) is 10.4. The Kier molecular flexibility index (Phi) is 3.70. The summed E-state index contributed by atoms with van der Waals surface area (Å²) in [6, 6.07) is -0.394. The Morgan fingerprint density at radius 1 is 1.47 bits per heavy atom. The maximum Gasteiger partial charge on any atom is 0.237 e. The normalized spacial score (nSPS) is 35.9. The number of sulfone groups is 1. The second-order valence-electron chi connectivity index (χ2n) is 4.73. The Balaban J connectivity index is 1.80. The largest absolute Gasteiger partial charge is 0.392 e. The Labute approximate surface area is 101 Å². The number of aliphatic hydroxyl groups excluding tert-OH is 1. The fourth-order valence-corrected chi connectivity index (χ4v) is 4.11. The van der Waals surface area contributed by atoms with Crippen LogP contribution in [-0.4, -0.2) is 55.7 Å². The number of carbonyl (C=O) groups is 1. The van der Waals surface area contributed by atoms with Gasteiger partial charge in [0, 0.05) is 13.1 Å². The third-order valence-corrected chi connectivity index (χ3v) is 5.67. The van der Waals surface area contributed by atoms with Gasteiger partial charge in [0.15, 0.2) is 9.84 Å². The van der Waals surface area contributed by atoms with Crippen LogP contribution in [0.3, 0.4) is 0 Å². The molecule has 6 nitrogen and oxygen atoms in total. The van der Waals surface area contributed by atoms with E-state index < -0.39 is 27.2 Å². The van der Waals surface area contributed by atoms with Crippen molar-refractivity contribution in [2.24, 2.45) is 0 Å². The number of amides is 1. The summed E-state index contributed by atoms with van der Waals surface area (Å²) in [6.45, 7) is 0.606. The van der Waals surface area contributed by atoms with Gasteiger partial charge in [0.25, 0.3) is 0 Å². The van der Waals surface area contributed by atoms with Crippen LogP contribution < -0.4 is 10.6 Å². The average molecular weight is 262 g/mol. The fraction of sp³-hybridized carbons (Fsp3) is 0.900. The number of rotatable bonds is 3. The molecule has 1 amide bonds. The van der Waals surface area contributed by atoms with E-state index in [-0.39, 0.29) is 18.2 Å². The molecule has 0 aromatic carbocycles. The van der Waals surface area contributed by atoms with Gasteiger partial charge in [0.1, 0.15) is 0 Å². The van der Waals surface area contributed by atoms with E-state index in [1.54, 1.807) is 0 Å². The monoisotopic (exact) mass is 262 g/mol. The van der Waals surface area contributed by atoms with Crippen molar-refractivity contribution in [1.29, 1.82) is 0 Å². The summed E-state index contributed by atoms with van der Waals surface area (Å²) in [7, 11) is -3.00. The van der Waals surface area contributed by atoms with Crippen LogP contribution in [0.4, 0.5) is 0 Å². The third kappa shape index (κ3) is 2.97. The van der Waals surface area contributed by atoms with E-state index in [4.69, 9.17) is 0 Å². The molecular weight excluding hydrogens is 244 g/mol. The highest BCUT2D eigenvalue weighted by Gasteiger charge is 2.33. The summed E-state index contributed by atoms with van der Waals surface area (Å²) in [5, 5.41) is 14.4. The molecule has 3 unspecified atom stereocenters. The lowest BCUT2D eigenvalue weighted by Crippen LogP contribution is -2.44. The van der Waals surface area contributed by atoms with Gasteiger partial charge in [-0.25, -0.2) is 8.42 Å². The van der Waals surface area contributed by atoms with Gasteiger partial charge in [-0.3, -0.25) is 4.79 Å². The standard InChI is InChI=1S/C10H18N2O4S/c13-7-4-9(11-5-7)10(14)12-6-8-2-1-3-17(8,15)16/h7-9,11,13H,1-6H2,(H,12,14). The Hall–Kier alpha value is -0.660. The molecule has 0 aromatic rings. The molecule has 0 saturated carbocycles. The molecule has 2 heterocycles. The number of carbonyl (C=O) groups excluding carboxylic acids is 1. The van der Waals surface area contributed by atoms with Gasteiger partial charge in [0.05, 0.1) is 23.1 Å². The van der Waals surface area contributed by atoms with Crippen LogP contribution in [0, 0.1) is 0 Å². The molecule has 17 heavy (non-hydrogen) atoms. The molecule has 0 spiro atoms. The molecule has 0 bridgehead atoms. The Morgan fingerprint density at radius 2 is 2.24 bits per heavy atom. The van der Waals surface area contributed by atoms with E-state index in [2.05, 4.69) is 10.6 Å². The zero-order chi connectivity index (χ0) is 12.5. The molecule has 2 aliphatic rings. The van der Waals surface area contributed by atoms with Gasteiger partial charge < -0.3 is 15.7 Å². The molecule has 0 aromatic heterocycles. The van der Waals surface area contributed by atoms with Crippen molar-refractivity contribution in [3.63, 3.8) is 0 Å². The lowest BCUT2D eigenvalue weighted by Gasteiger charge is -2.14. The molecule has 7 heteroatoms. The van der Waals surface area contributed by atoms with Crippen LogP contribution >= 0.6 is 0 Å². The molecule has 0 radical (unpaired) electrons. The molecule has 0 aliphatic carbocycles. The minimum atomic E-state index is -3.00. The second-order valence-corrected chi connectivity index (χ2v) is 7.13. The van der Waals surface area contributed by atoms with Crippen LogP contribution in [0.5, 0.6) is 0 Å². The number of hydrogen-bond acceptors (Lipinski definition) is 5. The Bertz CT molecular complexity index is 395. The van der Waals surface area contributed by atoms with E-state index in [1.807, 2.05) is 0 Å². The van der Waals surface area contributed by atoms with Crippen molar-refractivity contribution in [3.05, 3.63) is 0 Å². The SMILES string of the molecule is O=C(NCC1CCCS1(=O)=O)C1CC(O)CN1. The number of nitrogens with one attached hydrogen (secondary N) is 2. The first-order valence-corrected chi connectivity index (χ1v) is 7.61. The van der Waals surface area contributed by atoms with Crippen molar-refractivity contribution in [3.8, 4) is 0 Å². The minimum absolute atomic E-state index is 0.190. The molecule has 2 fully saturated rings. The van der Waals surface area contributed by atoms with Crippen LogP contribution in [0.25, 0.3) is 0 Å². The highest BCUT2D eigenvalue weighted by atomic mass is 32.2. The molecule has 2 rings (SSSR count). The molecular formula is C10H18N2O4S. The molecule has 3 atom stereocenters. The van der Waals surface area contributed by atoms with Gasteiger partial charge in [-0.2, -0.15) is 0 Å².